The SMILES string of the molecule is C[C@@]12C[C@@H]1N(C(=O)CNC(=O)c1ccc(Oc3ccc(C(F)(F)F)cc3)cc1)[C@H](C(=O)NCc1cc(C(=N)N)cs1)C2. The molecule has 1 aliphatic heterocycles. The van der Waals surface area contributed by atoms with E-state index in [9.17, 15) is 27.6 Å². The molecule has 2 heterocycles. The summed E-state index contributed by atoms with van der Waals surface area (Å²) < 4.78 is 43.8. The average molecular weight is 600 g/mol. The van der Waals surface area contributed by atoms with Gasteiger partial charge in [0.05, 0.1) is 18.7 Å². The number of alkyl halides is 3. The number of piperidine rings is 1. The minimum absolute atomic E-state index is 0.0473. The fourth-order valence-corrected chi connectivity index (χ4v) is 5.96. The maximum atomic E-state index is 13.2. The molecule has 2 aliphatic rings. The van der Waals surface area contributed by atoms with Crippen LogP contribution >= 0.6 is 11.3 Å². The number of nitrogens with one attached hydrogen (secondary N) is 3. The van der Waals surface area contributed by atoms with Gasteiger partial charge in [0, 0.05) is 27.4 Å². The second-order valence-corrected chi connectivity index (χ2v) is 11.7. The number of nitrogens with two attached hydrogens (primary N) is 1. The summed E-state index contributed by atoms with van der Waals surface area (Å²) in [7, 11) is 0. The van der Waals surface area contributed by atoms with Gasteiger partial charge in [0.1, 0.15) is 23.4 Å². The van der Waals surface area contributed by atoms with E-state index >= 15 is 0 Å². The lowest BCUT2D eigenvalue weighted by molar-refractivity contribution is -0.139. The smallest absolute Gasteiger partial charge is 0.416 e. The van der Waals surface area contributed by atoms with Gasteiger partial charge in [0.25, 0.3) is 5.91 Å². The van der Waals surface area contributed by atoms with Gasteiger partial charge in [-0.2, -0.15) is 13.2 Å². The Kier molecular flexibility index (Phi) is 7.71. The lowest BCUT2D eigenvalue weighted by Crippen LogP contribution is -2.50. The fourth-order valence-electron chi connectivity index (χ4n) is 5.14. The molecule has 0 radical (unpaired) electrons. The molecule has 2 fully saturated rings. The lowest BCUT2D eigenvalue weighted by atomic mass is 10.0. The first kappa shape index (κ1) is 29.1. The van der Waals surface area contributed by atoms with E-state index in [1.807, 2.05) is 6.92 Å². The fraction of sp³-hybridized carbons (Fsp3) is 0.310. The molecule has 3 atom stereocenters. The number of amides is 3. The number of hydrogen-bond donors (Lipinski definition) is 4. The highest BCUT2D eigenvalue weighted by molar-refractivity contribution is 7.10. The normalized spacial score (nSPS) is 20.9. The number of rotatable bonds is 9. The van der Waals surface area contributed by atoms with Crippen LogP contribution in [0.3, 0.4) is 0 Å². The van der Waals surface area contributed by atoms with Gasteiger partial charge in [-0.3, -0.25) is 19.8 Å². The minimum atomic E-state index is -4.44. The highest BCUT2D eigenvalue weighted by Gasteiger charge is 2.64. The molecule has 42 heavy (non-hydrogen) atoms. The van der Waals surface area contributed by atoms with Gasteiger partial charge >= 0.3 is 6.18 Å². The molecule has 5 rings (SSSR count). The van der Waals surface area contributed by atoms with Gasteiger partial charge in [-0.05, 0) is 72.9 Å². The van der Waals surface area contributed by atoms with Crippen LogP contribution in [0.4, 0.5) is 13.2 Å². The molecule has 0 spiro atoms. The van der Waals surface area contributed by atoms with Crippen molar-refractivity contribution in [3.63, 3.8) is 0 Å². The second kappa shape index (κ2) is 11.1. The number of ether oxygens (including phenoxy) is 1. The standard InChI is InChI=1S/C29H28F3N5O4S/c1-28-11-22(27(40)35-13-21-10-17(15-42-21)25(33)34)37(23(28)12-28)24(38)14-36-26(39)16-2-6-19(7-3-16)41-20-8-4-18(5-9-20)29(30,31)32/h2-10,15,22-23H,11-14H2,1H3,(H3,33,34)(H,35,40)(H,36,39)/t22-,23-,28+/m0/s1. The minimum Gasteiger partial charge on any atom is -0.457 e. The zero-order chi connectivity index (χ0) is 30.2. The number of thiophene rings is 1. The molecular weight excluding hydrogens is 571 g/mol. The van der Waals surface area contributed by atoms with Gasteiger partial charge < -0.3 is 26.0 Å². The average Bonchev–Trinajstić information content (AvgIpc) is 3.26. The van der Waals surface area contributed by atoms with Crippen molar-refractivity contribution < 1.29 is 32.3 Å². The Bertz CT molecular complexity index is 1520. The lowest BCUT2D eigenvalue weighted by Gasteiger charge is -2.27. The van der Waals surface area contributed by atoms with Crippen LogP contribution in [0.25, 0.3) is 0 Å². The van der Waals surface area contributed by atoms with Crippen LogP contribution in [0.15, 0.2) is 60.0 Å². The van der Waals surface area contributed by atoms with Crippen LogP contribution in [-0.2, 0) is 22.3 Å². The molecule has 9 nitrogen and oxygen atoms in total. The predicted octanol–water partition coefficient (Wildman–Crippen LogP) is 4.27. The monoisotopic (exact) mass is 599 g/mol. The number of amidine groups is 1. The summed E-state index contributed by atoms with van der Waals surface area (Å²) in [5.41, 5.74) is 5.43. The number of hydrogen-bond acceptors (Lipinski definition) is 6. The van der Waals surface area contributed by atoms with Crippen LogP contribution in [0.2, 0.25) is 0 Å². The quantitative estimate of drug-likeness (QED) is 0.215. The molecule has 3 amide bonds. The van der Waals surface area contributed by atoms with E-state index < -0.39 is 23.7 Å². The third-order valence-corrected chi connectivity index (χ3v) is 8.50. The summed E-state index contributed by atoms with van der Waals surface area (Å²) in [5.74, 6) is -0.646. The molecular formula is C29H28F3N5O4S. The molecule has 13 heteroatoms. The number of carbonyl (C=O) groups is 3. The summed E-state index contributed by atoms with van der Waals surface area (Å²) in [5, 5.41) is 14.7. The van der Waals surface area contributed by atoms with E-state index in [4.69, 9.17) is 15.9 Å². The number of carbonyl (C=O) groups excluding carboxylic acids is 3. The van der Waals surface area contributed by atoms with Crippen LogP contribution in [0.5, 0.6) is 11.5 Å². The van der Waals surface area contributed by atoms with E-state index in [1.54, 1.807) is 16.3 Å². The first-order valence-electron chi connectivity index (χ1n) is 13.1. The van der Waals surface area contributed by atoms with E-state index in [0.717, 1.165) is 23.4 Å². The molecule has 3 aromatic rings. The van der Waals surface area contributed by atoms with Crippen molar-refractivity contribution in [3.8, 4) is 11.5 Å². The second-order valence-electron chi connectivity index (χ2n) is 10.7. The summed E-state index contributed by atoms with van der Waals surface area (Å²) in [6, 6.07) is 11.2. The van der Waals surface area contributed by atoms with E-state index in [2.05, 4.69) is 10.6 Å². The third-order valence-electron chi connectivity index (χ3n) is 7.56. The third kappa shape index (κ3) is 6.25. The van der Waals surface area contributed by atoms with Crippen LogP contribution in [-0.4, -0.2) is 47.1 Å². The van der Waals surface area contributed by atoms with Crippen molar-refractivity contribution in [3.05, 3.63) is 81.5 Å². The summed E-state index contributed by atoms with van der Waals surface area (Å²) in [6.45, 7) is 2.01. The molecule has 0 bridgehead atoms. The van der Waals surface area contributed by atoms with Crippen molar-refractivity contribution in [2.24, 2.45) is 11.1 Å². The molecule has 1 saturated heterocycles. The number of nitrogens with zero attached hydrogens (tertiary/aromatic N) is 1. The number of nitrogen functional groups attached to an aromatic ring is 1. The Labute approximate surface area is 243 Å². The Morgan fingerprint density at radius 3 is 2.29 bits per heavy atom. The van der Waals surface area contributed by atoms with Crippen LogP contribution in [0, 0.1) is 10.8 Å². The summed E-state index contributed by atoms with van der Waals surface area (Å²) in [6.07, 6.45) is -3.11. The van der Waals surface area contributed by atoms with Crippen molar-refractivity contribution in [2.75, 3.05) is 6.54 Å². The van der Waals surface area contributed by atoms with Crippen molar-refractivity contribution in [1.29, 1.82) is 5.41 Å². The molecule has 1 aliphatic carbocycles. The van der Waals surface area contributed by atoms with Crippen molar-refractivity contribution >= 4 is 34.9 Å². The Morgan fingerprint density at radius 2 is 1.69 bits per heavy atom. The Morgan fingerprint density at radius 1 is 1.05 bits per heavy atom. The molecule has 5 N–H and O–H groups in total. The summed E-state index contributed by atoms with van der Waals surface area (Å²) in [4.78, 5) is 41.4. The maximum absolute atomic E-state index is 13.2. The Balaban J connectivity index is 1.14. The highest BCUT2D eigenvalue weighted by Crippen LogP contribution is 2.59. The molecule has 1 saturated carbocycles. The van der Waals surface area contributed by atoms with Crippen molar-refractivity contribution in [1.82, 2.24) is 15.5 Å². The molecule has 220 valence electrons. The zero-order valence-corrected chi connectivity index (χ0v) is 23.3. The van der Waals surface area contributed by atoms with Crippen LogP contribution < -0.4 is 21.1 Å². The van der Waals surface area contributed by atoms with Crippen LogP contribution in [0.1, 0.15) is 46.1 Å². The number of benzene rings is 2. The maximum Gasteiger partial charge on any atom is 0.416 e. The van der Waals surface area contributed by atoms with Crippen molar-refractivity contribution in [2.45, 2.75) is 44.6 Å². The number of fused-ring (bicyclic) bond motifs is 1. The number of halogens is 3. The van der Waals surface area contributed by atoms with Gasteiger partial charge in [-0.1, -0.05) is 6.92 Å². The topological polar surface area (TPSA) is 138 Å². The largest absolute Gasteiger partial charge is 0.457 e. The first-order chi connectivity index (χ1) is 19.8. The number of likely N-dealkylation sites (tertiary alicyclic amines) is 1. The zero-order valence-electron chi connectivity index (χ0n) is 22.5. The van der Waals surface area contributed by atoms with E-state index in [-0.39, 0.29) is 53.5 Å². The highest BCUT2D eigenvalue weighted by atomic mass is 32.1. The molecule has 2 aromatic carbocycles. The van der Waals surface area contributed by atoms with E-state index in [0.29, 0.717) is 17.7 Å². The van der Waals surface area contributed by atoms with E-state index in [1.165, 1.54) is 47.7 Å². The van der Waals surface area contributed by atoms with Gasteiger partial charge in [0.15, 0.2) is 0 Å². The predicted molar refractivity (Wildman–Crippen MR) is 149 cm³/mol. The molecule has 1 aromatic heterocycles. The Hall–Kier alpha value is -4.39. The van der Waals surface area contributed by atoms with Gasteiger partial charge in [-0.25, -0.2) is 0 Å². The van der Waals surface area contributed by atoms with Gasteiger partial charge in [-0.15, -0.1) is 11.3 Å². The first-order valence-corrected chi connectivity index (χ1v) is 14.0. The summed E-state index contributed by atoms with van der Waals surface area (Å²) >= 11 is 1.38. The van der Waals surface area contributed by atoms with Gasteiger partial charge in [0.2, 0.25) is 11.8 Å². The molecule has 0 unspecified atom stereocenters.